The molecule has 1 atom stereocenters. The zero-order valence-electron chi connectivity index (χ0n) is 11.1. The summed E-state index contributed by atoms with van der Waals surface area (Å²) in [6, 6.07) is 2.73. The van der Waals surface area contributed by atoms with Gasteiger partial charge in [0.05, 0.1) is 6.54 Å². The highest BCUT2D eigenvalue weighted by atomic mass is 15.3. The van der Waals surface area contributed by atoms with Gasteiger partial charge in [0.2, 0.25) is 0 Å². The van der Waals surface area contributed by atoms with E-state index in [0.29, 0.717) is 0 Å². The fourth-order valence-electron chi connectivity index (χ4n) is 2.82. The summed E-state index contributed by atoms with van der Waals surface area (Å²) < 4.78 is 2.04. The van der Waals surface area contributed by atoms with Crippen molar-refractivity contribution < 1.29 is 0 Å². The maximum Gasteiger partial charge on any atom is 0.0536 e. The fourth-order valence-corrected chi connectivity index (χ4v) is 2.82. The average molecular weight is 248 g/mol. The Balaban J connectivity index is 1.47. The number of hydrogen-bond acceptors (Lipinski definition) is 3. The number of rotatable bonds is 7. The molecule has 2 heterocycles. The van der Waals surface area contributed by atoms with Crippen molar-refractivity contribution in [3.8, 4) is 0 Å². The van der Waals surface area contributed by atoms with Crippen LogP contribution in [0.5, 0.6) is 0 Å². The third kappa shape index (κ3) is 3.56. The summed E-state index contributed by atoms with van der Waals surface area (Å²) in [4.78, 5) is 2.64. The summed E-state index contributed by atoms with van der Waals surface area (Å²) in [5, 5.41) is 7.90. The largest absolute Gasteiger partial charge is 0.313 e. The molecule has 4 nitrogen and oxygen atoms in total. The van der Waals surface area contributed by atoms with Gasteiger partial charge in [0.15, 0.2) is 0 Å². The van der Waals surface area contributed by atoms with Crippen molar-refractivity contribution in [3.63, 3.8) is 0 Å². The van der Waals surface area contributed by atoms with Crippen LogP contribution in [-0.4, -0.2) is 46.9 Å². The van der Waals surface area contributed by atoms with E-state index in [2.05, 4.69) is 21.5 Å². The van der Waals surface area contributed by atoms with Crippen LogP contribution in [0.1, 0.15) is 25.7 Å². The Kier molecular flexibility index (Phi) is 3.96. The van der Waals surface area contributed by atoms with Crippen LogP contribution in [0.3, 0.4) is 0 Å². The summed E-state index contributed by atoms with van der Waals surface area (Å²) in [5.74, 6) is 0.976. The average Bonchev–Trinajstić information content (AvgIpc) is 2.85. The van der Waals surface area contributed by atoms with E-state index in [1.54, 1.807) is 0 Å². The molecule has 0 radical (unpaired) electrons. The Hall–Kier alpha value is -0.870. The van der Waals surface area contributed by atoms with E-state index >= 15 is 0 Å². The molecule has 0 aromatic carbocycles. The Morgan fingerprint density at radius 2 is 2.22 bits per heavy atom. The summed E-state index contributed by atoms with van der Waals surface area (Å²) in [7, 11) is 0. The fraction of sp³-hybridized carbons (Fsp3) is 0.786. The normalized spacial score (nSPS) is 23.9. The molecule has 100 valence electrons. The van der Waals surface area contributed by atoms with Crippen LogP contribution in [0.2, 0.25) is 0 Å². The van der Waals surface area contributed by atoms with Crippen molar-refractivity contribution in [2.24, 2.45) is 5.92 Å². The molecule has 1 aliphatic heterocycles. The predicted octanol–water partition coefficient (Wildman–Crippen LogP) is 1.35. The highest BCUT2D eigenvalue weighted by molar-refractivity contribution is 4.83. The summed E-state index contributed by atoms with van der Waals surface area (Å²) in [6.07, 6.45) is 9.50. The predicted molar refractivity (Wildman–Crippen MR) is 72.4 cm³/mol. The molecule has 2 fully saturated rings. The van der Waals surface area contributed by atoms with E-state index in [-0.39, 0.29) is 0 Å². The van der Waals surface area contributed by atoms with Gasteiger partial charge in [-0.1, -0.05) is 0 Å². The van der Waals surface area contributed by atoms with Crippen molar-refractivity contribution in [3.05, 3.63) is 18.5 Å². The summed E-state index contributed by atoms with van der Waals surface area (Å²) in [6.45, 7) is 5.88. The quantitative estimate of drug-likeness (QED) is 0.790. The number of nitrogens with zero attached hydrogens (tertiary/aromatic N) is 3. The van der Waals surface area contributed by atoms with Crippen LogP contribution < -0.4 is 5.32 Å². The van der Waals surface area contributed by atoms with E-state index in [1.807, 2.05) is 16.9 Å². The highest BCUT2D eigenvalue weighted by Crippen LogP contribution is 2.29. The first-order valence-corrected chi connectivity index (χ1v) is 7.33. The van der Waals surface area contributed by atoms with E-state index in [1.165, 1.54) is 45.3 Å². The maximum atomic E-state index is 4.29. The second-order valence-corrected chi connectivity index (χ2v) is 5.77. The molecule has 18 heavy (non-hydrogen) atoms. The maximum absolute atomic E-state index is 4.29. The van der Waals surface area contributed by atoms with Gasteiger partial charge in [0, 0.05) is 38.1 Å². The molecule has 1 aliphatic carbocycles. The smallest absolute Gasteiger partial charge is 0.0536 e. The first-order valence-electron chi connectivity index (χ1n) is 7.33. The van der Waals surface area contributed by atoms with Gasteiger partial charge in [-0.25, -0.2) is 0 Å². The first kappa shape index (κ1) is 12.2. The topological polar surface area (TPSA) is 33.1 Å². The van der Waals surface area contributed by atoms with Crippen LogP contribution in [-0.2, 0) is 6.54 Å². The van der Waals surface area contributed by atoms with Crippen LogP contribution >= 0.6 is 0 Å². The lowest BCUT2D eigenvalue weighted by molar-refractivity contribution is 0.228. The summed E-state index contributed by atoms with van der Waals surface area (Å²) in [5.41, 5.74) is 0. The number of nitrogens with one attached hydrogen (secondary N) is 1. The molecule has 2 aliphatic rings. The number of hydrogen-bond donors (Lipinski definition) is 1. The summed E-state index contributed by atoms with van der Waals surface area (Å²) >= 11 is 0. The van der Waals surface area contributed by atoms with Gasteiger partial charge < -0.3 is 5.32 Å². The lowest BCUT2D eigenvalue weighted by Gasteiger charge is -2.25. The standard InChI is InChI=1S/C14H24N4/c1-3-14(15-6-1)12-17(11-13-4-5-13)9-10-18-8-2-7-16-18/h2,7-8,13-15H,1,3-6,9-12H2. The number of aromatic nitrogens is 2. The van der Waals surface area contributed by atoms with Crippen molar-refractivity contribution in [2.75, 3.05) is 26.2 Å². The lowest BCUT2D eigenvalue weighted by Crippen LogP contribution is -2.40. The molecular weight excluding hydrogens is 224 g/mol. The molecule has 0 spiro atoms. The Labute approximate surface area is 109 Å². The molecule has 4 heteroatoms. The first-order chi connectivity index (χ1) is 8.90. The Morgan fingerprint density at radius 1 is 1.28 bits per heavy atom. The van der Waals surface area contributed by atoms with E-state index in [9.17, 15) is 0 Å². The van der Waals surface area contributed by atoms with Crippen LogP contribution in [0.15, 0.2) is 18.5 Å². The van der Waals surface area contributed by atoms with Gasteiger partial charge in [-0.3, -0.25) is 9.58 Å². The van der Waals surface area contributed by atoms with Gasteiger partial charge in [-0.05, 0) is 44.2 Å². The minimum absolute atomic E-state index is 0.723. The highest BCUT2D eigenvalue weighted by Gasteiger charge is 2.26. The third-order valence-corrected chi connectivity index (χ3v) is 4.06. The SMILES string of the molecule is c1cnn(CCN(CC2CC2)CC2CCCN2)c1. The Morgan fingerprint density at radius 3 is 2.89 bits per heavy atom. The minimum Gasteiger partial charge on any atom is -0.313 e. The molecule has 0 amide bonds. The molecule has 1 saturated heterocycles. The molecule has 1 N–H and O–H groups in total. The van der Waals surface area contributed by atoms with Gasteiger partial charge >= 0.3 is 0 Å². The van der Waals surface area contributed by atoms with Crippen LogP contribution in [0, 0.1) is 5.92 Å². The zero-order chi connectivity index (χ0) is 12.2. The van der Waals surface area contributed by atoms with Gasteiger partial charge in [-0.2, -0.15) is 5.10 Å². The molecule has 1 aromatic rings. The van der Waals surface area contributed by atoms with Crippen molar-refractivity contribution in [1.29, 1.82) is 0 Å². The van der Waals surface area contributed by atoms with Gasteiger partial charge in [0.25, 0.3) is 0 Å². The van der Waals surface area contributed by atoms with Crippen LogP contribution in [0.4, 0.5) is 0 Å². The third-order valence-electron chi connectivity index (χ3n) is 4.06. The molecule has 0 bridgehead atoms. The van der Waals surface area contributed by atoms with E-state index in [4.69, 9.17) is 0 Å². The van der Waals surface area contributed by atoms with Crippen LogP contribution in [0.25, 0.3) is 0 Å². The lowest BCUT2D eigenvalue weighted by atomic mass is 10.2. The Bertz CT molecular complexity index is 339. The van der Waals surface area contributed by atoms with Crippen molar-refractivity contribution >= 4 is 0 Å². The van der Waals surface area contributed by atoms with Gasteiger partial charge in [-0.15, -0.1) is 0 Å². The van der Waals surface area contributed by atoms with E-state index < -0.39 is 0 Å². The van der Waals surface area contributed by atoms with Crippen molar-refractivity contribution in [1.82, 2.24) is 20.0 Å². The second kappa shape index (κ2) is 5.85. The van der Waals surface area contributed by atoms with E-state index in [0.717, 1.165) is 25.0 Å². The monoisotopic (exact) mass is 248 g/mol. The zero-order valence-corrected chi connectivity index (χ0v) is 11.1. The van der Waals surface area contributed by atoms with Gasteiger partial charge in [0.1, 0.15) is 0 Å². The molecule has 1 unspecified atom stereocenters. The van der Waals surface area contributed by atoms with Crippen molar-refractivity contribution in [2.45, 2.75) is 38.3 Å². The molecular formula is C14H24N4. The molecule has 1 saturated carbocycles. The molecule has 3 rings (SSSR count). The second-order valence-electron chi connectivity index (χ2n) is 5.77. The minimum atomic E-state index is 0.723. The molecule has 1 aromatic heterocycles.